The minimum Gasteiger partial charge on any atom is -0.480 e. The lowest BCUT2D eigenvalue weighted by atomic mass is 9.99. The summed E-state index contributed by atoms with van der Waals surface area (Å²) >= 11 is 5.91. The molecule has 0 spiro atoms. The Kier molecular flexibility index (Phi) is 6.30. The van der Waals surface area contributed by atoms with Crippen LogP contribution in [0.2, 0.25) is 5.02 Å². The van der Waals surface area contributed by atoms with Crippen molar-refractivity contribution < 1.29 is 19.6 Å². The van der Waals surface area contributed by atoms with Gasteiger partial charge in [-0.25, -0.2) is 4.79 Å². The maximum atomic E-state index is 12.0. The molecular weight excluding hydrogens is 312 g/mol. The van der Waals surface area contributed by atoms with Gasteiger partial charge in [-0.05, 0) is 11.5 Å². The second-order valence-electron chi connectivity index (χ2n) is 4.98. The van der Waals surface area contributed by atoms with E-state index < -0.39 is 22.8 Å². The predicted molar refractivity (Wildman–Crippen MR) is 80.8 cm³/mol. The van der Waals surface area contributed by atoms with E-state index in [-0.39, 0.29) is 23.0 Å². The van der Waals surface area contributed by atoms with Crippen LogP contribution in [0.3, 0.4) is 0 Å². The summed E-state index contributed by atoms with van der Waals surface area (Å²) in [6.07, 6.45) is 0.465. The highest BCUT2D eigenvalue weighted by Crippen LogP contribution is 2.23. The molecule has 8 heteroatoms. The van der Waals surface area contributed by atoms with Crippen molar-refractivity contribution in [2.75, 3.05) is 0 Å². The van der Waals surface area contributed by atoms with E-state index in [0.29, 0.717) is 12.0 Å². The molecule has 1 aromatic carbocycles. The molecule has 0 aliphatic rings. The van der Waals surface area contributed by atoms with Crippen molar-refractivity contribution in [2.24, 2.45) is 5.92 Å². The number of nitrogens with one attached hydrogen (secondary N) is 1. The van der Waals surface area contributed by atoms with Gasteiger partial charge in [0.2, 0.25) is 5.91 Å². The number of aliphatic carboxylic acids is 1. The quantitative estimate of drug-likeness (QED) is 0.590. The van der Waals surface area contributed by atoms with Gasteiger partial charge in [-0.3, -0.25) is 14.9 Å². The number of amides is 1. The number of hydrogen-bond acceptors (Lipinski definition) is 4. The van der Waals surface area contributed by atoms with E-state index in [1.54, 1.807) is 6.92 Å². The Morgan fingerprint density at radius 1 is 1.45 bits per heavy atom. The van der Waals surface area contributed by atoms with E-state index in [0.717, 1.165) is 6.07 Å². The standard InChI is InChI=1S/C14H17ClN2O5/c1-3-8(2)13(14(19)20)16-12(18)6-9-4-5-10(17(21)22)7-11(9)15/h4-5,7-8,13H,3,6H2,1-2H3,(H,16,18)(H,19,20). The number of rotatable bonds is 7. The van der Waals surface area contributed by atoms with Crippen LogP contribution in [0.15, 0.2) is 18.2 Å². The lowest BCUT2D eigenvalue weighted by Gasteiger charge is -2.20. The molecule has 2 unspecified atom stereocenters. The second kappa shape index (κ2) is 7.74. The van der Waals surface area contributed by atoms with Crippen LogP contribution in [0.4, 0.5) is 5.69 Å². The summed E-state index contributed by atoms with van der Waals surface area (Å²) in [6, 6.07) is 2.82. The Bertz CT molecular complexity index is 591. The summed E-state index contributed by atoms with van der Waals surface area (Å²) < 4.78 is 0. The summed E-state index contributed by atoms with van der Waals surface area (Å²) in [5.74, 6) is -1.81. The summed E-state index contributed by atoms with van der Waals surface area (Å²) in [5.41, 5.74) is 0.232. The maximum Gasteiger partial charge on any atom is 0.326 e. The van der Waals surface area contributed by atoms with Crippen molar-refractivity contribution in [3.8, 4) is 0 Å². The molecule has 0 bridgehead atoms. The van der Waals surface area contributed by atoms with E-state index in [1.807, 2.05) is 6.92 Å². The summed E-state index contributed by atoms with van der Waals surface area (Å²) in [5, 5.41) is 22.3. The number of carboxylic acids is 1. The molecule has 1 rings (SSSR count). The number of carbonyl (C=O) groups is 2. The average Bonchev–Trinajstić information content (AvgIpc) is 2.45. The third-order valence-electron chi connectivity index (χ3n) is 3.39. The van der Waals surface area contributed by atoms with Crippen LogP contribution < -0.4 is 5.32 Å². The van der Waals surface area contributed by atoms with Gasteiger partial charge < -0.3 is 10.4 Å². The topological polar surface area (TPSA) is 110 Å². The molecule has 0 aliphatic carbocycles. The zero-order valence-corrected chi connectivity index (χ0v) is 13.0. The first kappa shape index (κ1) is 17.9. The SMILES string of the molecule is CCC(C)C(NC(=O)Cc1ccc([N+](=O)[O-])cc1Cl)C(=O)O. The zero-order valence-electron chi connectivity index (χ0n) is 12.2. The van der Waals surface area contributed by atoms with Gasteiger partial charge in [0.05, 0.1) is 16.4 Å². The highest BCUT2D eigenvalue weighted by Gasteiger charge is 2.25. The van der Waals surface area contributed by atoms with Crippen molar-refractivity contribution in [3.63, 3.8) is 0 Å². The second-order valence-corrected chi connectivity index (χ2v) is 5.39. The number of nitro groups is 1. The lowest BCUT2D eigenvalue weighted by Crippen LogP contribution is -2.45. The molecule has 0 aliphatic heterocycles. The van der Waals surface area contributed by atoms with Gasteiger partial charge in [0.1, 0.15) is 6.04 Å². The van der Waals surface area contributed by atoms with Crippen LogP contribution in [-0.4, -0.2) is 27.9 Å². The molecule has 120 valence electrons. The fourth-order valence-corrected chi connectivity index (χ4v) is 2.12. The number of non-ortho nitro benzene ring substituents is 1. The molecule has 0 aromatic heterocycles. The van der Waals surface area contributed by atoms with E-state index in [4.69, 9.17) is 16.7 Å². The minimum absolute atomic E-state index is 0.0970. The van der Waals surface area contributed by atoms with Crippen molar-refractivity contribution >= 4 is 29.2 Å². The fourth-order valence-electron chi connectivity index (χ4n) is 1.87. The maximum absolute atomic E-state index is 12.0. The smallest absolute Gasteiger partial charge is 0.326 e. The molecular formula is C14H17ClN2O5. The van der Waals surface area contributed by atoms with Crippen LogP contribution in [0, 0.1) is 16.0 Å². The van der Waals surface area contributed by atoms with Gasteiger partial charge in [0.25, 0.3) is 5.69 Å². The lowest BCUT2D eigenvalue weighted by molar-refractivity contribution is -0.384. The predicted octanol–water partition coefficient (Wildman–Crippen LogP) is 2.41. The summed E-state index contributed by atoms with van der Waals surface area (Å²) in [6.45, 7) is 3.57. The number of nitrogens with zero attached hydrogens (tertiary/aromatic N) is 1. The Morgan fingerprint density at radius 3 is 2.55 bits per heavy atom. The number of benzene rings is 1. The molecule has 1 aromatic rings. The Hall–Kier alpha value is -2.15. The highest BCUT2D eigenvalue weighted by molar-refractivity contribution is 6.31. The monoisotopic (exact) mass is 328 g/mol. The van der Waals surface area contributed by atoms with E-state index in [2.05, 4.69) is 5.32 Å². The van der Waals surface area contributed by atoms with Crippen molar-refractivity contribution in [1.82, 2.24) is 5.32 Å². The molecule has 2 atom stereocenters. The minimum atomic E-state index is -1.10. The van der Waals surface area contributed by atoms with Gasteiger partial charge in [0.15, 0.2) is 0 Å². The van der Waals surface area contributed by atoms with Crippen LogP contribution in [-0.2, 0) is 16.0 Å². The molecule has 2 N–H and O–H groups in total. The zero-order chi connectivity index (χ0) is 16.9. The summed E-state index contributed by atoms with van der Waals surface area (Å²) in [4.78, 5) is 33.1. The molecule has 22 heavy (non-hydrogen) atoms. The molecule has 0 heterocycles. The summed E-state index contributed by atoms with van der Waals surface area (Å²) in [7, 11) is 0. The molecule has 0 saturated heterocycles. The van der Waals surface area contributed by atoms with E-state index in [9.17, 15) is 19.7 Å². The third kappa shape index (κ3) is 4.70. The van der Waals surface area contributed by atoms with Gasteiger partial charge in [-0.2, -0.15) is 0 Å². The first-order chi connectivity index (χ1) is 10.3. The number of carbonyl (C=O) groups excluding carboxylic acids is 1. The van der Waals surface area contributed by atoms with E-state index >= 15 is 0 Å². The van der Waals surface area contributed by atoms with Crippen LogP contribution in [0.25, 0.3) is 0 Å². The largest absolute Gasteiger partial charge is 0.480 e. The highest BCUT2D eigenvalue weighted by atomic mass is 35.5. The van der Waals surface area contributed by atoms with Crippen molar-refractivity contribution in [3.05, 3.63) is 38.9 Å². The normalized spacial score (nSPS) is 13.2. The molecule has 0 saturated carbocycles. The van der Waals surface area contributed by atoms with Gasteiger partial charge >= 0.3 is 5.97 Å². The number of halogens is 1. The number of nitro benzene ring substituents is 1. The Morgan fingerprint density at radius 2 is 2.09 bits per heavy atom. The van der Waals surface area contributed by atoms with Crippen LogP contribution in [0.5, 0.6) is 0 Å². The number of carboxylic acid groups (broad SMARTS) is 1. The van der Waals surface area contributed by atoms with Gasteiger partial charge in [0, 0.05) is 12.1 Å². The van der Waals surface area contributed by atoms with Crippen molar-refractivity contribution in [1.29, 1.82) is 0 Å². The first-order valence-electron chi connectivity index (χ1n) is 6.71. The average molecular weight is 329 g/mol. The number of hydrogen-bond donors (Lipinski definition) is 2. The Balaban J connectivity index is 2.80. The van der Waals surface area contributed by atoms with Gasteiger partial charge in [-0.15, -0.1) is 0 Å². The third-order valence-corrected chi connectivity index (χ3v) is 3.75. The van der Waals surface area contributed by atoms with Crippen LogP contribution >= 0.6 is 11.6 Å². The first-order valence-corrected chi connectivity index (χ1v) is 7.09. The van der Waals surface area contributed by atoms with E-state index in [1.165, 1.54) is 12.1 Å². The molecule has 1 amide bonds. The molecule has 0 fully saturated rings. The fraction of sp³-hybridized carbons (Fsp3) is 0.429. The van der Waals surface area contributed by atoms with Crippen LogP contribution in [0.1, 0.15) is 25.8 Å². The van der Waals surface area contributed by atoms with Gasteiger partial charge in [-0.1, -0.05) is 37.9 Å². The Labute approximate surface area is 132 Å². The molecule has 7 nitrogen and oxygen atoms in total. The van der Waals surface area contributed by atoms with Crippen molar-refractivity contribution in [2.45, 2.75) is 32.7 Å². The molecule has 0 radical (unpaired) electrons.